The van der Waals surface area contributed by atoms with Crippen molar-refractivity contribution in [2.45, 2.75) is 39.8 Å². The highest BCUT2D eigenvalue weighted by molar-refractivity contribution is 5.88. The summed E-state index contributed by atoms with van der Waals surface area (Å²) in [5.74, 6) is 0.0422. The molecule has 0 aliphatic heterocycles. The van der Waals surface area contributed by atoms with Crippen molar-refractivity contribution in [2.24, 2.45) is 11.7 Å². The third-order valence-corrected chi connectivity index (χ3v) is 3.14. The van der Waals surface area contributed by atoms with Crippen molar-refractivity contribution < 1.29 is 9.59 Å². The molecule has 0 saturated heterocycles. The molecular formula is C16H25N3O2. The van der Waals surface area contributed by atoms with E-state index in [0.717, 1.165) is 11.1 Å². The van der Waals surface area contributed by atoms with E-state index in [0.29, 0.717) is 19.0 Å². The van der Waals surface area contributed by atoms with E-state index < -0.39 is 6.04 Å². The first-order valence-electron chi connectivity index (χ1n) is 7.28. The molecule has 0 radical (unpaired) electrons. The van der Waals surface area contributed by atoms with E-state index in [1.165, 1.54) is 0 Å². The Morgan fingerprint density at radius 2 is 1.76 bits per heavy atom. The molecule has 0 fully saturated rings. The largest absolute Gasteiger partial charge is 0.354 e. The summed E-state index contributed by atoms with van der Waals surface area (Å²) in [7, 11) is 0. The van der Waals surface area contributed by atoms with Gasteiger partial charge in [0, 0.05) is 13.1 Å². The predicted octanol–water partition coefficient (Wildman–Crippen LogP) is 0.965. The molecule has 0 aromatic heterocycles. The Bertz CT molecular complexity index is 486. The Labute approximate surface area is 126 Å². The molecule has 1 unspecified atom stereocenters. The monoisotopic (exact) mass is 291 g/mol. The van der Waals surface area contributed by atoms with Gasteiger partial charge in [-0.2, -0.15) is 0 Å². The smallest absolute Gasteiger partial charge is 0.242 e. The van der Waals surface area contributed by atoms with Crippen molar-refractivity contribution in [1.82, 2.24) is 10.6 Å². The fourth-order valence-electron chi connectivity index (χ4n) is 1.92. The number of carbonyl (C=O) groups excluding carboxylic acids is 2. The molecule has 5 heteroatoms. The van der Waals surface area contributed by atoms with E-state index in [-0.39, 0.29) is 18.2 Å². The molecule has 1 aromatic rings. The summed E-state index contributed by atoms with van der Waals surface area (Å²) < 4.78 is 0. The van der Waals surface area contributed by atoms with Crippen LogP contribution in [0.5, 0.6) is 0 Å². The van der Waals surface area contributed by atoms with E-state index in [1.54, 1.807) is 6.92 Å². The minimum absolute atomic E-state index is 0.163. The fourth-order valence-corrected chi connectivity index (χ4v) is 1.92. The van der Waals surface area contributed by atoms with Gasteiger partial charge in [-0.1, -0.05) is 38.1 Å². The number of hydrogen-bond donors (Lipinski definition) is 3. The van der Waals surface area contributed by atoms with Crippen LogP contribution < -0.4 is 16.4 Å². The number of carbonyl (C=O) groups is 2. The molecular weight excluding hydrogens is 266 g/mol. The molecule has 1 rings (SSSR count). The maximum absolute atomic E-state index is 12.0. The highest BCUT2D eigenvalue weighted by Gasteiger charge is 2.16. The lowest BCUT2D eigenvalue weighted by Crippen LogP contribution is -2.46. The van der Waals surface area contributed by atoms with Crippen molar-refractivity contribution >= 4 is 11.8 Å². The van der Waals surface area contributed by atoms with Crippen LogP contribution in [-0.4, -0.2) is 24.4 Å². The number of hydrogen-bond acceptors (Lipinski definition) is 3. The molecule has 0 heterocycles. The number of nitrogens with two attached hydrogens (primary N) is 1. The zero-order valence-corrected chi connectivity index (χ0v) is 13.0. The zero-order chi connectivity index (χ0) is 15.8. The van der Waals surface area contributed by atoms with Gasteiger partial charge in [-0.05, 0) is 24.0 Å². The Balaban J connectivity index is 2.51. The third kappa shape index (κ3) is 5.95. The standard InChI is InChI=1S/C16H25N3O2/c1-11(2)10-18-16(21)12(3)19-15(20)8-13-6-4-5-7-14(13)9-17/h4-7,11-12H,8-10,17H2,1-3H3,(H,18,21)(H,19,20). The lowest BCUT2D eigenvalue weighted by Gasteiger charge is -2.15. The minimum atomic E-state index is -0.540. The third-order valence-electron chi connectivity index (χ3n) is 3.14. The van der Waals surface area contributed by atoms with Gasteiger partial charge in [-0.3, -0.25) is 9.59 Å². The second kappa shape index (κ2) is 8.42. The maximum Gasteiger partial charge on any atom is 0.242 e. The van der Waals surface area contributed by atoms with Gasteiger partial charge in [0.15, 0.2) is 0 Å². The summed E-state index contributed by atoms with van der Waals surface area (Å²) in [5.41, 5.74) is 7.49. The summed E-state index contributed by atoms with van der Waals surface area (Å²) in [6.07, 6.45) is 0.231. The average molecular weight is 291 g/mol. The first-order chi connectivity index (χ1) is 9.93. The van der Waals surface area contributed by atoms with Crippen LogP contribution in [-0.2, 0) is 22.6 Å². The number of rotatable bonds is 7. The van der Waals surface area contributed by atoms with Crippen LogP contribution in [0.3, 0.4) is 0 Å². The van der Waals surface area contributed by atoms with Crippen LogP contribution in [0.25, 0.3) is 0 Å². The maximum atomic E-state index is 12.0. The van der Waals surface area contributed by atoms with Gasteiger partial charge >= 0.3 is 0 Å². The summed E-state index contributed by atoms with van der Waals surface area (Å²) in [5, 5.41) is 5.51. The molecule has 1 atom stereocenters. The van der Waals surface area contributed by atoms with E-state index in [4.69, 9.17) is 5.73 Å². The first-order valence-corrected chi connectivity index (χ1v) is 7.28. The molecule has 0 spiro atoms. The van der Waals surface area contributed by atoms with Crippen LogP contribution in [0.15, 0.2) is 24.3 Å². The molecule has 0 aliphatic carbocycles. The zero-order valence-electron chi connectivity index (χ0n) is 13.0. The van der Waals surface area contributed by atoms with Crippen molar-refractivity contribution in [3.05, 3.63) is 35.4 Å². The number of nitrogens with one attached hydrogen (secondary N) is 2. The average Bonchev–Trinajstić information content (AvgIpc) is 2.44. The number of amides is 2. The Morgan fingerprint density at radius 3 is 2.33 bits per heavy atom. The molecule has 4 N–H and O–H groups in total. The van der Waals surface area contributed by atoms with Crippen molar-refractivity contribution in [3.8, 4) is 0 Å². The molecule has 21 heavy (non-hydrogen) atoms. The van der Waals surface area contributed by atoms with Gasteiger partial charge in [-0.15, -0.1) is 0 Å². The molecule has 116 valence electrons. The van der Waals surface area contributed by atoms with Crippen LogP contribution in [0.2, 0.25) is 0 Å². The lowest BCUT2D eigenvalue weighted by atomic mass is 10.0. The highest BCUT2D eigenvalue weighted by Crippen LogP contribution is 2.08. The molecule has 0 aliphatic rings. The minimum Gasteiger partial charge on any atom is -0.354 e. The summed E-state index contributed by atoms with van der Waals surface area (Å²) in [6, 6.07) is 7.01. The van der Waals surface area contributed by atoms with E-state index in [2.05, 4.69) is 10.6 Å². The van der Waals surface area contributed by atoms with Crippen LogP contribution in [0.1, 0.15) is 31.9 Å². The fraction of sp³-hybridized carbons (Fsp3) is 0.500. The topological polar surface area (TPSA) is 84.2 Å². The summed E-state index contributed by atoms with van der Waals surface area (Å²) >= 11 is 0. The van der Waals surface area contributed by atoms with Gasteiger partial charge in [0.1, 0.15) is 6.04 Å². The SMILES string of the molecule is CC(C)CNC(=O)C(C)NC(=O)Cc1ccccc1CN. The van der Waals surface area contributed by atoms with Gasteiger partial charge in [0.05, 0.1) is 6.42 Å². The molecule has 0 saturated carbocycles. The molecule has 5 nitrogen and oxygen atoms in total. The lowest BCUT2D eigenvalue weighted by molar-refractivity contribution is -0.128. The number of benzene rings is 1. The highest BCUT2D eigenvalue weighted by atomic mass is 16.2. The van der Waals surface area contributed by atoms with Crippen molar-refractivity contribution in [3.63, 3.8) is 0 Å². The van der Waals surface area contributed by atoms with Gasteiger partial charge < -0.3 is 16.4 Å². The first kappa shape index (κ1) is 17.2. The van der Waals surface area contributed by atoms with Crippen LogP contribution in [0.4, 0.5) is 0 Å². The Kier molecular flexibility index (Phi) is 6.88. The second-order valence-corrected chi connectivity index (χ2v) is 5.58. The van der Waals surface area contributed by atoms with Gasteiger partial charge in [-0.25, -0.2) is 0 Å². The summed E-state index contributed by atoms with van der Waals surface area (Å²) in [6.45, 7) is 6.73. The Morgan fingerprint density at radius 1 is 1.14 bits per heavy atom. The molecule has 1 aromatic carbocycles. The summed E-state index contributed by atoms with van der Waals surface area (Å²) in [4.78, 5) is 23.8. The van der Waals surface area contributed by atoms with E-state index >= 15 is 0 Å². The van der Waals surface area contributed by atoms with Gasteiger partial charge in [0.2, 0.25) is 11.8 Å². The van der Waals surface area contributed by atoms with Crippen LogP contribution in [0, 0.1) is 5.92 Å². The van der Waals surface area contributed by atoms with Gasteiger partial charge in [0.25, 0.3) is 0 Å². The van der Waals surface area contributed by atoms with E-state index in [9.17, 15) is 9.59 Å². The van der Waals surface area contributed by atoms with Crippen molar-refractivity contribution in [2.75, 3.05) is 6.54 Å². The molecule has 2 amide bonds. The quantitative estimate of drug-likeness (QED) is 0.700. The van der Waals surface area contributed by atoms with Crippen LogP contribution >= 0.6 is 0 Å². The van der Waals surface area contributed by atoms with E-state index in [1.807, 2.05) is 38.1 Å². The Hall–Kier alpha value is -1.88. The molecule has 0 bridgehead atoms. The normalized spacial score (nSPS) is 12.0. The second-order valence-electron chi connectivity index (χ2n) is 5.58. The predicted molar refractivity (Wildman–Crippen MR) is 83.5 cm³/mol. The van der Waals surface area contributed by atoms with Crippen molar-refractivity contribution in [1.29, 1.82) is 0 Å².